The van der Waals surface area contributed by atoms with Crippen molar-refractivity contribution in [2.75, 3.05) is 39.3 Å². The maximum Gasteiger partial charge on any atom is 0.344 e. The van der Waals surface area contributed by atoms with E-state index in [4.69, 9.17) is 23.7 Å². The highest BCUT2D eigenvalue weighted by molar-refractivity contribution is 9.10. The van der Waals surface area contributed by atoms with Crippen molar-refractivity contribution in [3.05, 3.63) is 22.2 Å². The normalized spacial score (nSPS) is 39.6. The number of halogens is 1. The molecule has 4 heterocycles. The van der Waals surface area contributed by atoms with Crippen LogP contribution in [0.3, 0.4) is 0 Å². The summed E-state index contributed by atoms with van der Waals surface area (Å²) in [6.07, 6.45) is -0.477. The Kier molecular flexibility index (Phi) is 5.66. The van der Waals surface area contributed by atoms with E-state index in [-0.39, 0.29) is 12.6 Å². The van der Waals surface area contributed by atoms with Gasteiger partial charge in [-0.25, -0.2) is 4.79 Å². The number of fused-ring (bicyclic) bond motifs is 3. The average molecular weight is 593 g/mol. The van der Waals surface area contributed by atoms with Gasteiger partial charge in [0, 0.05) is 43.7 Å². The quantitative estimate of drug-likeness (QED) is 0.360. The monoisotopic (exact) mass is 592 g/mol. The average Bonchev–Trinajstić information content (AvgIpc) is 3.54. The Bertz CT molecular complexity index is 1240. The highest BCUT2D eigenvalue weighted by Gasteiger charge is 2.91. The zero-order valence-corrected chi connectivity index (χ0v) is 24.0. The summed E-state index contributed by atoms with van der Waals surface area (Å²) in [5, 5.41) is 0. The number of carbonyl (C=O) groups is 3. The standard InChI is InChI=1S/C27H33BrN2O8/c1-7-25-19-18(20(32)36-8-2)30-10-9-26(21(25)30)14-11-15(28)17(34-5)12-16(14)29(4)22(26)27(38-19,24(33)35-6)23(25)37-13(3)31/h11-12,18-19,21-23H,7-10H2,1-6H3/t18-,19+,21-,22+,23+,25+,26+,27-/m0/s1. The first-order valence-corrected chi connectivity index (χ1v) is 13.9. The van der Waals surface area contributed by atoms with Crippen molar-refractivity contribution in [2.24, 2.45) is 5.41 Å². The second kappa shape index (κ2) is 8.32. The maximum absolute atomic E-state index is 14.0. The lowest BCUT2D eigenvalue weighted by molar-refractivity contribution is -0.206. The fourth-order valence-electron chi connectivity index (χ4n) is 9.02. The van der Waals surface area contributed by atoms with Crippen molar-refractivity contribution < 1.29 is 38.1 Å². The van der Waals surface area contributed by atoms with Gasteiger partial charge >= 0.3 is 17.9 Å². The number of methoxy groups -OCH3 is 2. The molecular formula is C27H33BrN2O8. The Labute approximate surface area is 230 Å². The Morgan fingerprint density at radius 2 is 1.92 bits per heavy atom. The molecule has 5 aliphatic rings. The lowest BCUT2D eigenvalue weighted by Crippen LogP contribution is -2.77. The molecule has 4 fully saturated rings. The van der Waals surface area contributed by atoms with E-state index in [0.717, 1.165) is 15.7 Å². The van der Waals surface area contributed by atoms with E-state index in [0.29, 0.717) is 25.1 Å². The first-order chi connectivity index (χ1) is 18.1. The number of nitrogens with zero attached hydrogens (tertiary/aromatic N) is 2. The molecule has 8 atom stereocenters. The fourth-order valence-corrected chi connectivity index (χ4v) is 9.53. The van der Waals surface area contributed by atoms with Gasteiger partial charge in [0.05, 0.1) is 42.9 Å². The summed E-state index contributed by atoms with van der Waals surface area (Å²) in [6, 6.07) is 2.49. The van der Waals surface area contributed by atoms with Crippen LogP contribution < -0.4 is 9.64 Å². The predicted octanol–water partition coefficient (Wildman–Crippen LogP) is 2.19. The number of benzene rings is 1. The van der Waals surface area contributed by atoms with Crippen LogP contribution in [-0.4, -0.2) is 93.2 Å². The van der Waals surface area contributed by atoms with Crippen molar-refractivity contribution in [2.45, 2.75) is 75.0 Å². The van der Waals surface area contributed by atoms with Crippen LogP contribution in [0.2, 0.25) is 0 Å². The van der Waals surface area contributed by atoms with Crippen LogP contribution in [0.25, 0.3) is 0 Å². The van der Waals surface area contributed by atoms with Crippen molar-refractivity contribution in [3.8, 4) is 5.75 Å². The molecule has 4 aliphatic heterocycles. The van der Waals surface area contributed by atoms with Gasteiger partial charge in [0.25, 0.3) is 0 Å². The second-order valence-corrected chi connectivity index (χ2v) is 11.8. The molecule has 10 nitrogen and oxygen atoms in total. The highest BCUT2D eigenvalue weighted by Crippen LogP contribution is 2.75. The van der Waals surface area contributed by atoms with Gasteiger partial charge in [-0.2, -0.15) is 0 Å². The number of rotatable bonds is 6. The summed E-state index contributed by atoms with van der Waals surface area (Å²) in [4.78, 5) is 44.4. The van der Waals surface area contributed by atoms with E-state index in [1.165, 1.54) is 14.0 Å². The molecule has 1 saturated carbocycles. The summed E-state index contributed by atoms with van der Waals surface area (Å²) < 4.78 is 30.4. The van der Waals surface area contributed by atoms with E-state index in [2.05, 4.69) is 31.8 Å². The molecule has 1 aromatic carbocycles. The van der Waals surface area contributed by atoms with Crippen LogP contribution in [0.1, 0.15) is 39.2 Å². The van der Waals surface area contributed by atoms with E-state index in [1.54, 1.807) is 14.0 Å². The van der Waals surface area contributed by atoms with Crippen LogP contribution in [0, 0.1) is 5.41 Å². The molecule has 1 aliphatic carbocycles. The maximum atomic E-state index is 14.0. The van der Waals surface area contributed by atoms with Gasteiger partial charge in [-0.15, -0.1) is 0 Å². The number of carbonyl (C=O) groups excluding carboxylic acids is 3. The molecule has 6 rings (SSSR count). The number of ether oxygens (including phenoxy) is 5. The first-order valence-electron chi connectivity index (χ1n) is 13.1. The molecule has 0 unspecified atom stereocenters. The number of hydrogen-bond acceptors (Lipinski definition) is 10. The smallest absolute Gasteiger partial charge is 0.344 e. The molecule has 0 amide bonds. The van der Waals surface area contributed by atoms with E-state index in [1.807, 2.05) is 20.0 Å². The number of likely N-dealkylation sites (N-methyl/N-ethyl adjacent to an activating group) is 1. The molecule has 1 aromatic rings. The minimum absolute atomic E-state index is 0.223. The van der Waals surface area contributed by atoms with Gasteiger partial charge in [-0.05, 0) is 47.3 Å². The van der Waals surface area contributed by atoms with Gasteiger partial charge in [0.1, 0.15) is 11.8 Å². The molecule has 11 heteroatoms. The number of esters is 3. The molecule has 3 saturated heterocycles. The zero-order chi connectivity index (χ0) is 27.4. The third-order valence-electron chi connectivity index (χ3n) is 9.85. The molecule has 0 aromatic heterocycles. The van der Waals surface area contributed by atoms with E-state index in [9.17, 15) is 14.4 Å². The predicted molar refractivity (Wildman–Crippen MR) is 138 cm³/mol. The van der Waals surface area contributed by atoms with Crippen LogP contribution in [0.4, 0.5) is 5.69 Å². The van der Waals surface area contributed by atoms with Crippen LogP contribution >= 0.6 is 15.9 Å². The van der Waals surface area contributed by atoms with Gasteiger partial charge in [-0.1, -0.05) is 6.92 Å². The number of anilines is 1. The van der Waals surface area contributed by atoms with Crippen molar-refractivity contribution in [3.63, 3.8) is 0 Å². The topological polar surface area (TPSA) is 104 Å². The molecule has 206 valence electrons. The Morgan fingerprint density at radius 3 is 2.53 bits per heavy atom. The Morgan fingerprint density at radius 1 is 1.18 bits per heavy atom. The summed E-state index contributed by atoms with van der Waals surface area (Å²) in [5.41, 5.74) is -1.17. The molecule has 0 N–H and O–H groups in total. The third-order valence-corrected chi connectivity index (χ3v) is 10.5. The SMILES string of the molecule is CCOC(=O)[C@@H]1[C@H]2O[C@@]3(C(=O)OC)[C@@H]4N(C)c5cc(OC)c(Br)cc5[C@@]45CCN1[C@H]5[C@]2(CC)[C@H]3OC(C)=O. The first kappa shape index (κ1) is 25.9. The van der Waals surface area contributed by atoms with Gasteiger partial charge < -0.3 is 28.6 Å². The Hall–Kier alpha value is -2.37. The molecule has 2 bridgehead atoms. The van der Waals surface area contributed by atoms with Crippen molar-refractivity contribution in [1.29, 1.82) is 0 Å². The van der Waals surface area contributed by atoms with Crippen LogP contribution in [0.5, 0.6) is 5.75 Å². The van der Waals surface area contributed by atoms with Crippen LogP contribution in [-0.2, 0) is 38.7 Å². The van der Waals surface area contributed by atoms with Gasteiger partial charge in [0.15, 0.2) is 6.10 Å². The Balaban J connectivity index is 1.70. The summed E-state index contributed by atoms with van der Waals surface area (Å²) in [6.45, 7) is 5.96. The van der Waals surface area contributed by atoms with E-state index < -0.39 is 58.6 Å². The highest BCUT2D eigenvalue weighted by atomic mass is 79.9. The lowest BCUT2D eigenvalue weighted by atomic mass is 9.50. The van der Waals surface area contributed by atoms with Crippen molar-refractivity contribution in [1.82, 2.24) is 4.90 Å². The van der Waals surface area contributed by atoms with E-state index >= 15 is 0 Å². The molecule has 0 radical (unpaired) electrons. The summed E-state index contributed by atoms with van der Waals surface area (Å²) in [7, 11) is 4.86. The zero-order valence-electron chi connectivity index (χ0n) is 22.4. The molecule has 1 spiro atoms. The molecular weight excluding hydrogens is 560 g/mol. The minimum atomic E-state index is -1.66. The lowest BCUT2D eigenvalue weighted by Gasteiger charge is -2.57. The largest absolute Gasteiger partial charge is 0.495 e. The fraction of sp³-hybridized carbons (Fsp3) is 0.667. The third kappa shape index (κ3) is 2.63. The summed E-state index contributed by atoms with van der Waals surface area (Å²) in [5.74, 6) is -0.854. The second-order valence-electron chi connectivity index (χ2n) is 10.9. The minimum Gasteiger partial charge on any atom is -0.495 e. The van der Waals surface area contributed by atoms with Gasteiger partial charge in [-0.3, -0.25) is 14.5 Å². The van der Waals surface area contributed by atoms with Crippen molar-refractivity contribution >= 4 is 39.5 Å². The number of hydrogen-bond donors (Lipinski definition) is 0. The summed E-state index contributed by atoms with van der Waals surface area (Å²) >= 11 is 3.67. The molecule has 38 heavy (non-hydrogen) atoms. The van der Waals surface area contributed by atoms with Gasteiger partial charge in [0.2, 0.25) is 5.60 Å². The van der Waals surface area contributed by atoms with Crippen LogP contribution in [0.15, 0.2) is 16.6 Å².